The van der Waals surface area contributed by atoms with Gasteiger partial charge in [0.25, 0.3) is 11.8 Å². The number of nitrogens with zero attached hydrogens (tertiary/aromatic N) is 2. The van der Waals surface area contributed by atoms with Crippen LogP contribution in [0.25, 0.3) is 0 Å². The van der Waals surface area contributed by atoms with Crippen molar-refractivity contribution in [3.63, 3.8) is 0 Å². The fraction of sp³-hybridized carbons (Fsp3) is 0.316. The molecule has 2 aromatic rings. The maximum absolute atomic E-state index is 13.0. The number of hydrogen-bond acceptors (Lipinski definition) is 4. The number of rotatable bonds is 5. The Balaban J connectivity index is 1.88. The van der Waals surface area contributed by atoms with Gasteiger partial charge in [0.1, 0.15) is 0 Å². The average molecular weight is 356 g/mol. The van der Waals surface area contributed by atoms with Crippen LogP contribution in [-0.2, 0) is 4.79 Å². The van der Waals surface area contributed by atoms with Gasteiger partial charge in [0.15, 0.2) is 5.76 Å². The van der Waals surface area contributed by atoms with E-state index in [2.05, 4.69) is 0 Å². The molecule has 0 saturated carbocycles. The highest BCUT2D eigenvalue weighted by Crippen LogP contribution is 2.27. The standard InChI is InChI=1S/C19H20N2O5/c1-20(19(25)16-9-5-11-26-16)15-8-3-2-7-14(15)18(24)21-10-4-6-13(21)12-17(22)23/h2-3,5,7-9,11,13H,4,6,10,12H2,1H3,(H,22,23). The zero-order valence-electron chi connectivity index (χ0n) is 14.4. The summed E-state index contributed by atoms with van der Waals surface area (Å²) in [4.78, 5) is 39.6. The van der Waals surface area contributed by atoms with Gasteiger partial charge in [-0.25, -0.2) is 0 Å². The lowest BCUT2D eigenvalue weighted by Crippen LogP contribution is -2.38. The minimum atomic E-state index is -0.923. The first-order valence-corrected chi connectivity index (χ1v) is 8.42. The summed E-state index contributed by atoms with van der Waals surface area (Å²) >= 11 is 0. The van der Waals surface area contributed by atoms with Crippen LogP contribution >= 0.6 is 0 Å². The highest BCUT2D eigenvalue weighted by Gasteiger charge is 2.32. The number of likely N-dealkylation sites (tertiary alicyclic amines) is 1. The normalized spacial score (nSPS) is 16.5. The third kappa shape index (κ3) is 3.46. The Bertz CT molecular complexity index is 815. The fourth-order valence-corrected chi connectivity index (χ4v) is 3.29. The van der Waals surface area contributed by atoms with Gasteiger partial charge in [-0.05, 0) is 37.1 Å². The summed E-state index contributed by atoms with van der Waals surface area (Å²) in [5, 5.41) is 9.06. The number of benzene rings is 1. The van der Waals surface area contributed by atoms with E-state index in [-0.39, 0.29) is 30.0 Å². The number of carbonyl (C=O) groups excluding carboxylic acids is 2. The van der Waals surface area contributed by atoms with Gasteiger partial charge in [-0.3, -0.25) is 14.4 Å². The first-order chi connectivity index (χ1) is 12.5. The van der Waals surface area contributed by atoms with Crippen LogP contribution in [0, 0.1) is 0 Å². The van der Waals surface area contributed by atoms with E-state index in [4.69, 9.17) is 9.52 Å². The van der Waals surface area contributed by atoms with Crippen LogP contribution in [0.2, 0.25) is 0 Å². The van der Waals surface area contributed by atoms with E-state index in [0.717, 1.165) is 6.42 Å². The van der Waals surface area contributed by atoms with Crippen LogP contribution in [-0.4, -0.2) is 47.4 Å². The van der Waals surface area contributed by atoms with E-state index in [1.807, 2.05) is 0 Å². The lowest BCUT2D eigenvalue weighted by Gasteiger charge is -2.26. The molecule has 26 heavy (non-hydrogen) atoms. The molecule has 1 aromatic heterocycles. The average Bonchev–Trinajstić information content (AvgIpc) is 3.31. The third-order valence-corrected chi connectivity index (χ3v) is 4.58. The molecule has 0 spiro atoms. The lowest BCUT2D eigenvalue weighted by molar-refractivity contribution is -0.137. The maximum Gasteiger partial charge on any atom is 0.305 e. The molecule has 1 unspecified atom stereocenters. The van der Waals surface area contributed by atoms with Gasteiger partial charge in [-0.15, -0.1) is 0 Å². The summed E-state index contributed by atoms with van der Waals surface area (Å²) in [5.74, 6) is -1.37. The van der Waals surface area contributed by atoms with Crippen molar-refractivity contribution in [1.82, 2.24) is 4.90 Å². The van der Waals surface area contributed by atoms with Crippen LogP contribution in [0.15, 0.2) is 47.1 Å². The molecule has 7 nitrogen and oxygen atoms in total. The molecule has 1 aromatic carbocycles. The Hall–Kier alpha value is -3.09. The van der Waals surface area contributed by atoms with Gasteiger partial charge in [0.2, 0.25) is 0 Å². The quantitative estimate of drug-likeness (QED) is 0.889. The molecule has 1 atom stereocenters. The van der Waals surface area contributed by atoms with E-state index < -0.39 is 5.97 Å². The van der Waals surface area contributed by atoms with E-state index in [9.17, 15) is 14.4 Å². The van der Waals surface area contributed by atoms with Crippen LogP contribution in [0.5, 0.6) is 0 Å². The Morgan fingerprint density at radius 3 is 2.69 bits per heavy atom. The molecule has 1 fully saturated rings. The molecular formula is C19H20N2O5. The topological polar surface area (TPSA) is 91.1 Å². The molecule has 0 bridgehead atoms. The first kappa shape index (κ1) is 17.7. The van der Waals surface area contributed by atoms with Crippen LogP contribution in [0.4, 0.5) is 5.69 Å². The number of aliphatic carboxylic acids is 1. The minimum absolute atomic E-state index is 0.0743. The van der Waals surface area contributed by atoms with Crippen LogP contribution in [0.3, 0.4) is 0 Å². The number of anilines is 1. The number of para-hydroxylation sites is 1. The van der Waals surface area contributed by atoms with Gasteiger partial charge in [0, 0.05) is 19.6 Å². The van der Waals surface area contributed by atoms with Crippen molar-refractivity contribution in [3.05, 3.63) is 54.0 Å². The zero-order valence-corrected chi connectivity index (χ0v) is 14.4. The number of carbonyl (C=O) groups is 3. The van der Waals surface area contributed by atoms with Crippen molar-refractivity contribution in [3.8, 4) is 0 Å². The Kier molecular flexibility index (Phi) is 5.06. The van der Waals surface area contributed by atoms with Crippen molar-refractivity contribution >= 4 is 23.5 Å². The summed E-state index contributed by atoms with van der Waals surface area (Å²) in [6.45, 7) is 0.515. The molecule has 2 amide bonds. The lowest BCUT2D eigenvalue weighted by atomic mass is 10.1. The molecular weight excluding hydrogens is 336 g/mol. The van der Waals surface area contributed by atoms with Crippen LogP contribution < -0.4 is 4.90 Å². The molecule has 1 saturated heterocycles. The Labute approximate surface area is 150 Å². The van der Waals surface area contributed by atoms with Gasteiger partial charge in [-0.1, -0.05) is 12.1 Å². The van der Waals surface area contributed by atoms with Crippen molar-refractivity contribution in [1.29, 1.82) is 0 Å². The van der Waals surface area contributed by atoms with Crippen molar-refractivity contribution in [2.75, 3.05) is 18.5 Å². The second-order valence-corrected chi connectivity index (χ2v) is 6.25. The summed E-state index contributed by atoms with van der Waals surface area (Å²) in [7, 11) is 1.58. The van der Waals surface area contributed by atoms with E-state index in [1.165, 1.54) is 11.2 Å². The predicted octanol–water partition coefficient (Wildman–Crippen LogP) is 2.64. The van der Waals surface area contributed by atoms with Crippen LogP contribution in [0.1, 0.15) is 40.2 Å². The molecule has 1 aliphatic rings. The highest BCUT2D eigenvalue weighted by atomic mass is 16.4. The summed E-state index contributed by atoms with van der Waals surface area (Å²) in [6, 6.07) is 9.68. The fourth-order valence-electron chi connectivity index (χ4n) is 3.29. The molecule has 0 aliphatic carbocycles. The molecule has 3 rings (SSSR count). The third-order valence-electron chi connectivity index (χ3n) is 4.58. The van der Waals surface area contributed by atoms with E-state index in [1.54, 1.807) is 48.3 Å². The molecule has 2 heterocycles. The maximum atomic E-state index is 13.0. The number of carboxylic acid groups (broad SMARTS) is 1. The molecule has 136 valence electrons. The number of furan rings is 1. The molecule has 0 radical (unpaired) electrons. The molecule has 1 aliphatic heterocycles. The zero-order chi connectivity index (χ0) is 18.7. The highest BCUT2D eigenvalue weighted by molar-refractivity contribution is 6.09. The predicted molar refractivity (Wildman–Crippen MR) is 94.2 cm³/mol. The van der Waals surface area contributed by atoms with E-state index >= 15 is 0 Å². The van der Waals surface area contributed by atoms with Gasteiger partial charge in [-0.2, -0.15) is 0 Å². The van der Waals surface area contributed by atoms with Gasteiger partial charge >= 0.3 is 5.97 Å². The second kappa shape index (κ2) is 7.43. The smallest absolute Gasteiger partial charge is 0.305 e. The van der Waals surface area contributed by atoms with Crippen molar-refractivity contribution in [2.45, 2.75) is 25.3 Å². The second-order valence-electron chi connectivity index (χ2n) is 6.25. The monoisotopic (exact) mass is 356 g/mol. The number of carboxylic acids is 1. The van der Waals surface area contributed by atoms with Gasteiger partial charge < -0.3 is 19.3 Å². The first-order valence-electron chi connectivity index (χ1n) is 8.42. The minimum Gasteiger partial charge on any atom is -0.481 e. The number of hydrogen-bond donors (Lipinski definition) is 1. The summed E-state index contributed by atoms with van der Waals surface area (Å²) in [6.07, 6.45) is 2.78. The molecule has 7 heteroatoms. The number of amides is 2. The van der Waals surface area contributed by atoms with Gasteiger partial charge in [0.05, 0.1) is 23.9 Å². The molecule has 1 N–H and O–H groups in total. The summed E-state index contributed by atoms with van der Waals surface area (Å²) < 4.78 is 5.15. The largest absolute Gasteiger partial charge is 0.481 e. The SMILES string of the molecule is CN(C(=O)c1ccco1)c1ccccc1C(=O)N1CCCC1CC(=O)O. The van der Waals surface area contributed by atoms with Crippen molar-refractivity contribution < 1.29 is 23.9 Å². The Morgan fingerprint density at radius 2 is 2.00 bits per heavy atom. The van der Waals surface area contributed by atoms with Crippen molar-refractivity contribution in [2.24, 2.45) is 0 Å². The van der Waals surface area contributed by atoms with E-state index in [0.29, 0.717) is 24.2 Å². The summed E-state index contributed by atoms with van der Waals surface area (Å²) in [5.41, 5.74) is 0.826. The Morgan fingerprint density at radius 1 is 1.23 bits per heavy atom.